The molecular weight excluding hydrogens is 218 g/mol. The van der Waals surface area contributed by atoms with Gasteiger partial charge < -0.3 is 0 Å². The Hall–Kier alpha value is -1.08. The quantitative estimate of drug-likeness (QED) is 0.766. The molecule has 0 saturated heterocycles. The predicted molar refractivity (Wildman–Crippen MR) is 70.1 cm³/mol. The molecule has 84 valence electrons. The maximum atomic E-state index is 5.98. The lowest BCUT2D eigenvalue weighted by Crippen LogP contribution is -1.97. The van der Waals surface area contributed by atoms with Crippen molar-refractivity contribution in [3.05, 3.63) is 40.5 Å². The highest BCUT2D eigenvalue weighted by Gasteiger charge is 2.05. The second-order valence-electron chi connectivity index (χ2n) is 4.03. The molecule has 0 spiro atoms. The van der Waals surface area contributed by atoms with E-state index in [0.717, 1.165) is 29.8 Å². The molecular formula is C14H16ClN. The highest BCUT2D eigenvalue weighted by Crippen LogP contribution is 2.21. The fraction of sp³-hybridized carbons (Fsp3) is 0.357. The zero-order chi connectivity index (χ0) is 11.5. The van der Waals surface area contributed by atoms with E-state index in [1.165, 1.54) is 16.6 Å². The van der Waals surface area contributed by atoms with Gasteiger partial charge in [0.2, 0.25) is 0 Å². The predicted octanol–water partition coefficient (Wildman–Crippen LogP) is 4.40. The first-order valence-corrected chi connectivity index (χ1v) is 6.20. The first-order valence-electron chi connectivity index (χ1n) is 5.82. The van der Waals surface area contributed by atoms with Crippen molar-refractivity contribution in [2.75, 3.05) is 0 Å². The molecule has 0 aliphatic heterocycles. The van der Waals surface area contributed by atoms with Crippen molar-refractivity contribution < 1.29 is 0 Å². The van der Waals surface area contributed by atoms with Crippen LogP contribution >= 0.6 is 11.6 Å². The van der Waals surface area contributed by atoms with Crippen LogP contribution in [0.2, 0.25) is 5.02 Å². The van der Waals surface area contributed by atoms with E-state index < -0.39 is 0 Å². The molecule has 0 saturated carbocycles. The monoisotopic (exact) mass is 233 g/mol. The topological polar surface area (TPSA) is 12.9 Å². The van der Waals surface area contributed by atoms with Gasteiger partial charge in [0.1, 0.15) is 0 Å². The van der Waals surface area contributed by atoms with Gasteiger partial charge in [-0.15, -0.1) is 0 Å². The molecule has 16 heavy (non-hydrogen) atoms. The Morgan fingerprint density at radius 1 is 1.19 bits per heavy atom. The second-order valence-corrected chi connectivity index (χ2v) is 4.47. The number of benzene rings is 1. The number of fused-ring (bicyclic) bond motifs is 1. The number of halogens is 1. The van der Waals surface area contributed by atoms with Gasteiger partial charge in [0, 0.05) is 16.1 Å². The average molecular weight is 234 g/mol. The third-order valence-electron chi connectivity index (χ3n) is 2.82. The molecule has 1 heterocycles. The number of aromatic nitrogens is 1. The summed E-state index contributed by atoms with van der Waals surface area (Å²) in [6.07, 6.45) is 3.22. The van der Waals surface area contributed by atoms with Crippen LogP contribution in [0.1, 0.15) is 31.5 Å². The Balaban J connectivity index is 2.60. The summed E-state index contributed by atoms with van der Waals surface area (Å²) in [5, 5.41) is 1.94. The minimum absolute atomic E-state index is 0.756. The fourth-order valence-electron chi connectivity index (χ4n) is 1.98. The average Bonchev–Trinajstić information content (AvgIpc) is 2.28. The van der Waals surface area contributed by atoms with E-state index >= 15 is 0 Å². The van der Waals surface area contributed by atoms with E-state index in [1.807, 2.05) is 18.2 Å². The minimum atomic E-state index is 0.756. The zero-order valence-corrected chi connectivity index (χ0v) is 10.5. The molecule has 0 amide bonds. The van der Waals surface area contributed by atoms with Crippen LogP contribution in [0.25, 0.3) is 10.9 Å². The maximum Gasteiger partial charge on any atom is 0.0720 e. The van der Waals surface area contributed by atoms with Crippen LogP contribution in [0, 0.1) is 0 Å². The lowest BCUT2D eigenvalue weighted by atomic mass is 10.0. The molecule has 0 atom stereocenters. The van der Waals surface area contributed by atoms with Crippen molar-refractivity contribution in [1.29, 1.82) is 0 Å². The molecule has 2 rings (SSSR count). The van der Waals surface area contributed by atoms with E-state index in [4.69, 9.17) is 16.6 Å². The van der Waals surface area contributed by atoms with E-state index in [2.05, 4.69) is 19.9 Å². The molecule has 0 aliphatic carbocycles. The third kappa shape index (κ3) is 2.19. The Bertz CT molecular complexity index is 505. The molecule has 0 bridgehead atoms. The van der Waals surface area contributed by atoms with Crippen molar-refractivity contribution >= 4 is 22.5 Å². The Morgan fingerprint density at radius 3 is 2.69 bits per heavy atom. The highest BCUT2D eigenvalue weighted by atomic mass is 35.5. The maximum absolute atomic E-state index is 5.98. The van der Waals surface area contributed by atoms with Crippen molar-refractivity contribution in [2.24, 2.45) is 0 Å². The zero-order valence-electron chi connectivity index (χ0n) is 9.76. The fourth-order valence-corrected chi connectivity index (χ4v) is 2.15. The minimum Gasteiger partial charge on any atom is -0.253 e. The molecule has 1 aromatic carbocycles. The number of rotatable bonds is 3. The third-order valence-corrected chi connectivity index (χ3v) is 3.05. The van der Waals surface area contributed by atoms with Crippen LogP contribution in [0.3, 0.4) is 0 Å². The Morgan fingerprint density at radius 2 is 2.00 bits per heavy atom. The Kier molecular flexibility index (Phi) is 3.45. The summed E-state index contributed by atoms with van der Waals surface area (Å²) < 4.78 is 0. The van der Waals surface area contributed by atoms with Crippen LogP contribution in [0.15, 0.2) is 24.3 Å². The first-order chi connectivity index (χ1) is 7.74. The van der Waals surface area contributed by atoms with Crippen LogP contribution in [-0.4, -0.2) is 4.98 Å². The number of nitrogens with zero attached hydrogens (tertiary/aromatic N) is 1. The number of hydrogen-bond acceptors (Lipinski definition) is 1. The molecule has 0 unspecified atom stereocenters. The van der Waals surface area contributed by atoms with Gasteiger partial charge in [-0.3, -0.25) is 4.98 Å². The van der Waals surface area contributed by atoms with Gasteiger partial charge in [-0.1, -0.05) is 37.9 Å². The summed E-state index contributed by atoms with van der Waals surface area (Å²) >= 11 is 5.98. The summed E-state index contributed by atoms with van der Waals surface area (Å²) in [6.45, 7) is 4.36. The van der Waals surface area contributed by atoms with Gasteiger partial charge in [-0.2, -0.15) is 0 Å². The van der Waals surface area contributed by atoms with E-state index in [-0.39, 0.29) is 0 Å². The number of hydrogen-bond donors (Lipinski definition) is 0. The lowest BCUT2D eigenvalue weighted by Gasteiger charge is -2.08. The van der Waals surface area contributed by atoms with Gasteiger partial charge in [-0.25, -0.2) is 0 Å². The first kappa shape index (κ1) is 11.4. The van der Waals surface area contributed by atoms with E-state index in [1.54, 1.807) is 0 Å². The van der Waals surface area contributed by atoms with Crippen LogP contribution in [-0.2, 0) is 12.8 Å². The second kappa shape index (κ2) is 4.84. The Labute approximate surface area is 101 Å². The van der Waals surface area contributed by atoms with Gasteiger partial charge in [0.05, 0.1) is 5.52 Å². The van der Waals surface area contributed by atoms with Gasteiger partial charge in [0.25, 0.3) is 0 Å². The van der Waals surface area contributed by atoms with E-state index in [9.17, 15) is 0 Å². The van der Waals surface area contributed by atoms with Crippen molar-refractivity contribution in [1.82, 2.24) is 4.98 Å². The number of pyridine rings is 1. The molecule has 0 N–H and O–H groups in total. The molecule has 1 nitrogen and oxygen atoms in total. The van der Waals surface area contributed by atoms with Crippen molar-refractivity contribution in [2.45, 2.75) is 33.1 Å². The SMILES string of the molecule is CCCc1nc2cc(Cl)ccc2cc1CC. The highest BCUT2D eigenvalue weighted by molar-refractivity contribution is 6.31. The smallest absolute Gasteiger partial charge is 0.0720 e. The summed E-state index contributed by atoms with van der Waals surface area (Å²) in [4.78, 5) is 4.71. The molecule has 1 aromatic heterocycles. The summed E-state index contributed by atoms with van der Waals surface area (Å²) in [5.74, 6) is 0. The van der Waals surface area contributed by atoms with Crippen LogP contribution < -0.4 is 0 Å². The van der Waals surface area contributed by atoms with Gasteiger partial charge >= 0.3 is 0 Å². The van der Waals surface area contributed by atoms with Gasteiger partial charge in [0.15, 0.2) is 0 Å². The molecule has 2 heteroatoms. The standard InChI is InChI=1S/C14H16ClN/c1-3-5-13-10(4-2)8-11-6-7-12(15)9-14(11)16-13/h6-9H,3-5H2,1-2H3. The molecule has 2 aromatic rings. The normalized spacial score (nSPS) is 10.9. The number of aryl methyl sites for hydroxylation is 2. The summed E-state index contributed by atoms with van der Waals surface area (Å²) in [6, 6.07) is 8.14. The summed E-state index contributed by atoms with van der Waals surface area (Å²) in [5.41, 5.74) is 3.59. The van der Waals surface area contributed by atoms with Gasteiger partial charge in [-0.05, 0) is 36.6 Å². The molecule has 0 aliphatic rings. The lowest BCUT2D eigenvalue weighted by molar-refractivity contribution is 0.865. The molecule has 0 radical (unpaired) electrons. The largest absolute Gasteiger partial charge is 0.253 e. The van der Waals surface area contributed by atoms with E-state index in [0.29, 0.717) is 0 Å². The molecule has 0 fully saturated rings. The van der Waals surface area contributed by atoms with Crippen molar-refractivity contribution in [3.63, 3.8) is 0 Å². The van der Waals surface area contributed by atoms with Crippen LogP contribution in [0.4, 0.5) is 0 Å². The summed E-state index contributed by atoms with van der Waals surface area (Å²) in [7, 11) is 0. The van der Waals surface area contributed by atoms with Crippen LogP contribution in [0.5, 0.6) is 0 Å². The van der Waals surface area contributed by atoms with Crippen molar-refractivity contribution in [3.8, 4) is 0 Å².